The lowest BCUT2D eigenvalue weighted by atomic mass is 10.2. The summed E-state index contributed by atoms with van der Waals surface area (Å²) in [5.41, 5.74) is 5.13. The molecule has 8 rings (SSSR count). The average Bonchev–Trinajstić information content (AvgIpc) is 3.98. The molecule has 50 heavy (non-hydrogen) atoms. The van der Waals surface area contributed by atoms with Crippen LogP contribution in [0.5, 0.6) is 0 Å². The summed E-state index contributed by atoms with van der Waals surface area (Å²) in [6, 6.07) is 13.0. The number of nitro groups is 2. The van der Waals surface area contributed by atoms with Gasteiger partial charge in [-0.15, -0.1) is 0 Å². The van der Waals surface area contributed by atoms with E-state index in [1.165, 1.54) is 60.4 Å². The Balaban J connectivity index is 0.000000154. The first-order valence-electron chi connectivity index (χ1n) is 15.4. The normalized spacial score (nSPS) is 14.8. The quantitative estimate of drug-likeness (QED) is 0.0708. The lowest BCUT2D eigenvalue weighted by Gasteiger charge is -2.11. The Bertz CT molecular complexity index is 2080. The van der Waals surface area contributed by atoms with Gasteiger partial charge >= 0.3 is 0 Å². The third kappa shape index (κ3) is 8.76. The fraction of sp³-hybridized carbons (Fsp3) is 0.250. The summed E-state index contributed by atoms with van der Waals surface area (Å²) in [7, 11) is 0. The maximum atomic E-state index is 10.7. The van der Waals surface area contributed by atoms with Crippen molar-refractivity contribution in [1.82, 2.24) is 39.5 Å². The molecule has 1 saturated heterocycles. The molecule has 6 heterocycles. The van der Waals surface area contributed by atoms with Gasteiger partial charge in [-0.1, -0.05) is 47.8 Å². The third-order valence-corrected chi connectivity index (χ3v) is 9.48. The number of ether oxygens (including phenoxy) is 2. The van der Waals surface area contributed by atoms with E-state index < -0.39 is 9.85 Å². The Kier molecular flexibility index (Phi) is 11.5. The summed E-state index contributed by atoms with van der Waals surface area (Å²) in [4.78, 5) is 49.0. The van der Waals surface area contributed by atoms with Gasteiger partial charge in [0.2, 0.25) is 0 Å². The molecule has 1 fully saturated rings. The van der Waals surface area contributed by atoms with Crippen molar-refractivity contribution in [2.45, 2.75) is 47.0 Å². The van der Waals surface area contributed by atoms with E-state index in [2.05, 4.69) is 34.9 Å². The van der Waals surface area contributed by atoms with Gasteiger partial charge in [-0.05, 0) is 30.0 Å². The van der Waals surface area contributed by atoms with E-state index >= 15 is 0 Å². The van der Waals surface area contributed by atoms with Crippen molar-refractivity contribution in [1.29, 1.82) is 0 Å². The number of nitrogens with one attached hydrogen (secondary N) is 1. The van der Waals surface area contributed by atoms with Gasteiger partial charge in [-0.2, -0.15) is 0 Å². The van der Waals surface area contributed by atoms with Gasteiger partial charge in [0.1, 0.15) is 40.0 Å². The van der Waals surface area contributed by atoms with Crippen LogP contribution in [0.15, 0.2) is 96.2 Å². The van der Waals surface area contributed by atoms with Gasteiger partial charge in [0, 0.05) is 48.8 Å². The smallest absolute Gasteiger partial charge is 0.269 e. The first-order valence-corrected chi connectivity index (χ1v) is 17.4. The second-order valence-corrected chi connectivity index (χ2v) is 12.6. The maximum absolute atomic E-state index is 10.7. The average molecular weight is 715 g/mol. The molecule has 6 aromatic rings. The highest BCUT2D eigenvalue weighted by Crippen LogP contribution is 2.31. The zero-order valence-electron chi connectivity index (χ0n) is 26.4. The number of fused-ring (bicyclic) bond motifs is 2. The van der Waals surface area contributed by atoms with Crippen LogP contribution in [-0.4, -0.2) is 62.5 Å². The second-order valence-electron chi connectivity index (χ2n) is 10.7. The van der Waals surface area contributed by atoms with Crippen molar-refractivity contribution < 1.29 is 19.3 Å². The largest absolute Gasteiger partial charge is 0.501 e. The lowest BCUT2D eigenvalue weighted by Crippen LogP contribution is -2.06. The molecule has 18 heteroatoms. The molecule has 0 amide bonds. The van der Waals surface area contributed by atoms with E-state index in [-0.39, 0.29) is 17.6 Å². The molecule has 0 bridgehead atoms. The highest BCUT2D eigenvalue weighted by molar-refractivity contribution is 7.98. The molecule has 2 aliphatic heterocycles. The first-order chi connectivity index (χ1) is 24.5. The first kappa shape index (κ1) is 34.4. The van der Waals surface area contributed by atoms with Gasteiger partial charge in [0.25, 0.3) is 11.4 Å². The van der Waals surface area contributed by atoms with Gasteiger partial charge in [0.15, 0.2) is 11.3 Å². The second kappa shape index (κ2) is 16.8. The number of benzene rings is 2. The third-order valence-electron chi connectivity index (χ3n) is 7.37. The van der Waals surface area contributed by atoms with E-state index in [0.29, 0.717) is 17.2 Å². The highest BCUT2D eigenvalue weighted by atomic mass is 32.2. The Morgan fingerprint density at radius 1 is 0.820 bits per heavy atom. The van der Waals surface area contributed by atoms with Crippen LogP contribution in [0, 0.1) is 20.2 Å². The van der Waals surface area contributed by atoms with Gasteiger partial charge < -0.3 is 14.5 Å². The molecule has 0 spiro atoms. The lowest BCUT2D eigenvalue weighted by molar-refractivity contribution is -0.385. The summed E-state index contributed by atoms with van der Waals surface area (Å²) in [6.45, 7) is 1.65. The van der Waals surface area contributed by atoms with E-state index in [1.54, 1.807) is 43.2 Å². The predicted octanol–water partition coefficient (Wildman–Crippen LogP) is 6.81. The number of hydrogen-bond acceptors (Lipinski definition) is 14. The number of aromatic amines is 1. The molecule has 1 N–H and O–H groups in total. The van der Waals surface area contributed by atoms with E-state index in [9.17, 15) is 20.2 Å². The summed E-state index contributed by atoms with van der Waals surface area (Å²) >= 11 is 3.07. The van der Waals surface area contributed by atoms with Crippen molar-refractivity contribution in [2.75, 3.05) is 13.2 Å². The number of aromatic nitrogens is 8. The van der Waals surface area contributed by atoms with Crippen LogP contribution >= 0.6 is 23.5 Å². The van der Waals surface area contributed by atoms with Crippen LogP contribution in [0.4, 0.5) is 11.4 Å². The van der Waals surface area contributed by atoms with E-state index in [0.717, 1.165) is 70.3 Å². The molecule has 0 aliphatic carbocycles. The molecular weight excluding hydrogens is 685 g/mol. The number of nitro benzene ring substituents is 2. The molecule has 1 unspecified atom stereocenters. The minimum absolute atomic E-state index is 0.00702. The van der Waals surface area contributed by atoms with E-state index in [4.69, 9.17) is 9.47 Å². The van der Waals surface area contributed by atoms with Gasteiger partial charge in [-0.3, -0.25) is 24.8 Å². The molecule has 256 valence electrons. The fourth-order valence-corrected chi connectivity index (χ4v) is 6.66. The SMILES string of the molecule is C1=COCC1.O=[N+]([O-])c1ccc(CSc2ncnc3c2ncn3C2CCCO2)cc1.O=[N+]([O-])c1ccc(CSc2ncnc3nc[nH]c23)cc1. The zero-order valence-corrected chi connectivity index (χ0v) is 28.0. The molecule has 2 aliphatic rings. The summed E-state index contributed by atoms with van der Waals surface area (Å²) in [6.07, 6.45) is 13.2. The van der Waals surface area contributed by atoms with Crippen molar-refractivity contribution in [3.05, 3.63) is 118 Å². The number of H-pyrrole nitrogens is 1. The fourth-order valence-electron chi connectivity index (χ4n) is 4.85. The van der Waals surface area contributed by atoms with Crippen LogP contribution in [0.25, 0.3) is 22.3 Å². The Hall–Kier alpha value is -5.46. The number of hydrogen-bond donors (Lipinski definition) is 1. The number of non-ortho nitro benzene ring substituents is 2. The summed E-state index contributed by atoms with van der Waals surface area (Å²) in [5, 5.41) is 22.9. The van der Waals surface area contributed by atoms with Crippen LogP contribution in [0.2, 0.25) is 0 Å². The van der Waals surface area contributed by atoms with Gasteiger partial charge in [-0.25, -0.2) is 29.9 Å². The van der Waals surface area contributed by atoms with Crippen molar-refractivity contribution in [3.8, 4) is 0 Å². The van der Waals surface area contributed by atoms with Crippen LogP contribution in [0.3, 0.4) is 0 Å². The Morgan fingerprint density at radius 3 is 2.06 bits per heavy atom. The maximum Gasteiger partial charge on any atom is 0.269 e. The molecular formula is C32H30N10O6S2. The van der Waals surface area contributed by atoms with Gasteiger partial charge in [0.05, 0.1) is 35.4 Å². The highest BCUT2D eigenvalue weighted by Gasteiger charge is 2.21. The standard InChI is InChI=1S/C16H15N5O3S.C12H9N5O2S.C4H6O/c22-21(23)12-5-3-11(4-6-12)8-25-16-14-15(17-9-18-16)20(10-19-14)13-2-1-7-24-13;18-17(19)9-3-1-8(2-4-9)5-20-12-10-11(14-6-13-10)15-7-16-12;1-2-4-5-3-1/h3-6,9-10,13H,1-2,7-8H2;1-4,6-7H,5H2,(H,13,14,15,16);1,3H,2,4H2. The zero-order chi connectivity index (χ0) is 34.7. The Labute approximate surface area is 293 Å². The predicted molar refractivity (Wildman–Crippen MR) is 186 cm³/mol. The minimum Gasteiger partial charge on any atom is -0.501 e. The topological polar surface area (TPSA) is 203 Å². The molecule has 0 saturated carbocycles. The van der Waals surface area contributed by atoms with Crippen molar-refractivity contribution in [3.63, 3.8) is 0 Å². The molecule has 0 radical (unpaired) electrons. The van der Waals surface area contributed by atoms with Crippen LogP contribution in [0.1, 0.15) is 36.6 Å². The molecule has 4 aromatic heterocycles. The van der Waals surface area contributed by atoms with Crippen molar-refractivity contribution in [2.24, 2.45) is 0 Å². The molecule has 2 aromatic carbocycles. The minimum atomic E-state index is -0.407. The monoisotopic (exact) mass is 714 g/mol. The summed E-state index contributed by atoms with van der Waals surface area (Å²) in [5.74, 6) is 1.32. The summed E-state index contributed by atoms with van der Waals surface area (Å²) < 4.78 is 12.4. The van der Waals surface area contributed by atoms with Crippen LogP contribution < -0.4 is 0 Å². The number of thioether (sulfide) groups is 2. The number of imidazole rings is 2. The molecule has 16 nitrogen and oxygen atoms in total. The van der Waals surface area contributed by atoms with Crippen LogP contribution in [-0.2, 0) is 21.0 Å². The van der Waals surface area contributed by atoms with Crippen molar-refractivity contribution >= 4 is 57.2 Å². The van der Waals surface area contributed by atoms with E-state index in [1.807, 2.05) is 10.6 Å². The number of rotatable bonds is 9. The Morgan fingerprint density at radius 2 is 1.48 bits per heavy atom. The number of nitrogens with zero attached hydrogens (tertiary/aromatic N) is 9. The molecule has 1 atom stereocenters.